The van der Waals surface area contributed by atoms with Gasteiger partial charge in [-0.2, -0.15) is 0 Å². The molecule has 2 unspecified atom stereocenters. The fourth-order valence-electron chi connectivity index (χ4n) is 1.93. The predicted octanol–water partition coefficient (Wildman–Crippen LogP) is 2.34. The number of benzene rings is 1. The topological polar surface area (TPSA) is 32.3 Å². The summed E-state index contributed by atoms with van der Waals surface area (Å²) in [5, 5.41) is 2.94. The molecule has 0 heterocycles. The number of rotatable bonds is 5. The van der Waals surface area contributed by atoms with E-state index in [1.165, 1.54) is 6.07 Å². The van der Waals surface area contributed by atoms with E-state index < -0.39 is 11.6 Å². The van der Waals surface area contributed by atoms with Gasteiger partial charge in [0, 0.05) is 19.5 Å². The summed E-state index contributed by atoms with van der Waals surface area (Å²) in [4.78, 5) is 13.7. The number of nitrogens with zero attached hydrogens (tertiary/aromatic N) is 1. The van der Waals surface area contributed by atoms with Gasteiger partial charge in [0.25, 0.3) is 0 Å². The van der Waals surface area contributed by atoms with Crippen molar-refractivity contribution < 1.29 is 13.6 Å². The molecule has 0 aliphatic rings. The maximum absolute atomic E-state index is 13.2. The van der Waals surface area contributed by atoms with Gasteiger partial charge >= 0.3 is 0 Å². The van der Waals surface area contributed by atoms with E-state index in [2.05, 4.69) is 5.32 Å². The maximum atomic E-state index is 13.2. The molecule has 1 amide bonds. The standard InChI is InChI=1S/C14H20F2N2O/c1-9(8-17-3)14(19)18(4)10(2)11-5-6-12(15)13(16)7-11/h5-7,9-10,17H,8H2,1-4H3. The summed E-state index contributed by atoms with van der Waals surface area (Å²) < 4.78 is 26.1. The van der Waals surface area contributed by atoms with E-state index in [1.54, 1.807) is 25.9 Å². The molecule has 0 aliphatic heterocycles. The highest BCUT2D eigenvalue weighted by atomic mass is 19.2. The molecular formula is C14H20F2N2O. The summed E-state index contributed by atoms with van der Waals surface area (Å²) in [6.45, 7) is 4.19. The first kappa shape index (κ1) is 15.6. The van der Waals surface area contributed by atoms with Crippen LogP contribution in [0.5, 0.6) is 0 Å². The number of halogens is 2. The number of hydrogen-bond donors (Lipinski definition) is 1. The third-order valence-electron chi connectivity index (χ3n) is 3.29. The number of carbonyl (C=O) groups excluding carboxylic acids is 1. The Bertz CT molecular complexity index is 451. The first-order valence-corrected chi connectivity index (χ1v) is 6.24. The zero-order chi connectivity index (χ0) is 14.6. The monoisotopic (exact) mass is 270 g/mol. The van der Waals surface area contributed by atoms with Gasteiger partial charge in [-0.25, -0.2) is 8.78 Å². The first-order valence-electron chi connectivity index (χ1n) is 6.24. The highest BCUT2D eigenvalue weighted by Crippen LogP contribution is 2.22. The predicted molar refractivity (Wildman–Crippen MR) is 70.6 cm³/mol. The minimum absolute atomic E-state index is 0.0356. The Labute approximate surface area is 112 Å². The lowest BCUT2D eigenvalue weighted by molar-refractivity contribution is -0.135. The van der Waals surface area contributed by atoms with Gasteiger partial charge in [0.15, 0.2) is 11.6 Å². The molecule has 1 N–H and O–H groups in total. The van der Waals surface area contributed by atoms with Crippen molar-refractivity contribution >= 4 is 5.91 Å². The Kier molecular flexibility index (Phi) is 5.42. The molecule has 0 radical (unpaired) electrons. The molecule has 0 aromatic heterocycles. The maximum Gasteiger partial charge on any atom is 0.226 e. The van der Waals surface area contributed by atoms with Crippen molar-refractivity contribution in [1.29, 1.82) is 0 Å². The Morgan fingerprint density at radius 3 is 2.47 bits per heavy atom. The van der Waals surface area contributed by atoms with E-state index in [0.29, 0.717) is 12.1 Å². The molecule has 106 valence electrons. The molecule has 0 aliphatic carbocycles. The van der Waals surface area contributed by atoms with E-state index >= 15 is 0 Å². The average molecular weight is 270 g/mol. The number of amides is 1. The Balaban J connectivity index is 2.83. The zero-order valence-corrected chi connectivity index (χ0v) is 11.7. The van der Waals surface area contributed by atoms with Crippen molar-refractivity contribution in [2.75, 3.05) is 20.6 Å². The summed E-state index contributed by atoms with van der Waals surface area (Å²) in [5.74, 6) is -1.98. The van der Waals surface area contributed by atoms with Gasteiger partial charge in [-0.1, -0.05) is 13.0 Å². The van der Waals surface area contributed by atoms with Gasteiger partial charge < -0.3 is 10.2 Å². The van der Waals surface area contributed by atoms with Crippen LogP contribution in [0.1, 0.15) is 25.5 Å². The minimum Gasteiger partial charge on any atom is -0.339 e. The molecule has 0 saturated heterocycles. The molecule has 1 aromatic rings. The molecule has 0 spiro atoms. The zero-order valence-electron chi connectivity index (χ0n) is 11.7. The van der Waals surface area contributed by atoms with Crippen molar-refractivity contribution in [3.8, 4) is 0 Å². The Hall–Kier alpha value is -1.49. The van der Waals surface area contributed by atoms with Gasteiger partial charge in [0.2, 0.25) is 5.91 Å². The first-order chi connectivity index (χ1) is 8.88. The van der Waals surface area contributed by atoms with Crippen LogP contribution in [-0.4, -0.2) is 31.4 Å². The van der Waals surface area contributed by atoms with Crippen LogP contribution >= 0.6 is 0 Å². The van der Waals surface area contributed by atoms with Crippen molar-refractivity contribution in [3.05, 3.63) is 35.4 Å². The van der Waals surface area contributed by atoms with Crippen LogP contribution in [0, 0.1) is 17.6 Å². The highest BCUT2D eigenvalue weighted by Gasteiger charge is 2.22. The second kappa shape index (κ2) is 6.61. The van der Waals surface area contributed by atoms with E-state index in [9.17, 15) is 13.6 Å². The number of hydrogen-bond acceptors (Lipinski definition) is 2. The molecule has 1 rings (SSSR count). The third-order valence-corrected chi connectivity index (χ3v) is 3.29. The van der Waals surface area contributed by atoms with Crippen LogP contribution in [0.25, 0.3) is 0 Å². The normalized spacial score (nSPS) is 14.0. The van der Waals surface area contributed by atoms with Crippen molar-refractivity contribution in [2.24, 2.45) is 5.92 Å². The van der Waals surface area contributed by atoms with Crippen LogP contribution in [0.15, 0.2) is 18.2 Å². The van der Waals surface area contributed by atoms with Crippen LogP contribution in [0.4, 0.5) is 8.78 Å². The Morgan fingerprint density at radius 2 is 1.95 bits per heavy atom. The summed E-state index contributed by atoms with van der Waals surface area (Å²) in [6.07, 6.45) is 0. The number of nitrogens with one attached hydrogen (secondary N) is 1. The second-order valence-electron chi connectivity index (χ2n) is 4.76. The van der Waals surface area contributed by atoms with Crippen LogP contribution in [0.3, 0.4) is 0 Å². The number of carbonyl (C=O) groups is 1. The van der Waals surface area contributed by atoms with E-state index in [-0.39, 0.29) is 17.9 Å². The van der Waals surface area contributed by atoms with Gasteiger partial charge in [-0.15, -0.1) is 0 Å². The average Bonchev–Trinajstić information content (AvgIpc) is 2.39. The van der Waals surface area contributed by atoms with Crippen LogP contribution in [-0.2, 0) is 4.79 Å². The van der Waals surface area contributed by atoms with E-state index in [0.717, 1.165) is 12.1 Å². The van der Waals surface area contributed by atoms with Gasteiger partial charge in [-0.3, -0.25) is 4.79 Å². The molecule has 5 heteroatoms. The molecule has 19 heavy (non-hydrogen) atoms. The summed E-state index contributed by atoms with van der Waals surface area (Å²) >= 11 is 0. The molecule has 2 atom stereocenters. The smallest absolute Gasteiger partial charge is 0.226 e. The highest BCUT2D eigenvalue weighted by molar-refractivity contribution is 5.78. The largest absolute Gasteiger partial charge is 0.339 e. The molecular weight excluding hydrogens is 250 g/mol. The lowest BCUT2D eigenvalue weighted by Crippen LogP contribution is -2.37. The minimum atomic E-state index is -0.895. The fraction of sp³-hybridized carbons (Fsp3) is 0.500. The lowest BCUT2D eigenvalue weighted by Gasteiger charge is -2.28. The summed E-state index contributed by atoms with van der Waals surface area (Å²) in [5.41, 5.74) is 0.575. The molecule has 0 bridgehead atoms. The molecule has 3 nitrogen and oxygen atoms in total. The van der Waals surface area contributed by atoms with E-state index in [4.69, 9.17) is 0 Å². The van der Waals surface area contributed by atoms with Gasteiger partial charge in [-0.05, 0) is 31.7 Å². The Morgan fingerprint density at radius 1 is 1.32 bits per heavy atom. The quantitative estimate of drug-likeness (QED) is 0.890. The van der Waals surface area contributed by atoms with Crippen molar-refractivity contribution in [3.63, 3.8) is 0 Å². The third kappa shape index (κ3) is 3.73. The lowest BCUT2D eigenvalue weighted by atomic mass is 10.0. The fourth-order valence-corrected chi connectivity index (χ4v) is 1.93. The second-order valence-corrected chi connectivity index (χ2v) is 4.76. The van der Waals surface area contributed by atoms with Gasteiger partial charge in [0.1, 0.15) is 0 Å². The van der Waals surface area contributed by atoms with Crippen molar-refractivity contribution in [2.45, 2.75) is 19.9 Å². The van der Waals surface area contributed by atoms with Crippen LogP contribution < -0.4 is 5.32 Å². The van der Waals surface area contributed by atoms with Gasteiger partial charge in [0.05, 0.1) is 6.04 Å². The van der Waals surface area contributed by atoms with Crippen molar-refractivity contribution in [1.82, 2.24) is 10.2 Å². The van der Waals surface area contributed by atoms with E-state index in [1.807, 2.05) is 6.92 Å². The summed E-state index contributed by atoms with van der Waals surface area (Å²) in [6, 6.07) is 3.40. The SMILES string of the molecule is CNCC(C)C(=O)N(C)C(C)c1ccc(F)c(F)c1. The summed E-state index contributed by atoms with van der Waals surface area (Å²) in [7, 11) is 3.45. The van der Waals surface area contributed by atoms with Crippen LogP contribution in [0.2, 0.25) is 0 Å². The molecule has 1 aromatic carbocycles. The molecule has 0 fully saturated rings. The molecule has 0 saturated carbocycles.